The number of thiophene rings is 1. The van der Waals surface area contributed by atoms with Crippen molar-refractivity contribution in [1.82, 2.24) is 19.2 Å². The molecule has 0 saturated carbocycles. The summed E-state index contributed by atoms with van der Waals surface area (Å²) < 4.78 is 3.21. The highest BCUT2D eigenvalue weighted by Gasteiger charge is 2.16. The van der Waals surface area contributed by atoms with E-state index in [2.05, 4.69) is 10.1 Å². The summed E-state index contributed by atoms with van der Waals surface area (Å²) in [6.45, 7) is 6.01. The second-order valence-corrected chi connectivity index (χ2v) is 6.63. The lowest BCUT2D eigenvalue weighted by molar-refractivity contribution is 0.915. The smallest absolute Gasteiger partial charge is 0.267 e. The first kappa shape index (κ1) is 13.2. The molecule has 4 rings (SSSR count). The lowest BCUT2D eigenvalue weighted by Crippen LogP contribution is -2.16. The second-order valence-electron chi connectivity index (χ2n) is 5.43. The van der Waals surface area contributed by atoms with E-state index >= 15 is 0 Å². The van der Waals surface area contributed by atoms with Crippen LogP contribution in [0.4, 0.5) is 0 Å². The summed E-state index contributed by atoms with van der Waals surface area (Å²) >= 11 is 1.55. The molecule has 0 amide bonds. The lowest BCUT2D eigenvalue weighted by atomic mass is 10.2. The average molecular weight is 310 g/mol. The van der Waals surface area contributed by atoms with Crippen LogP contribution in [0.1, 0.15) is 16.0 Å². The van der Waals surface area contributed by atoms with Crippen molar-refractivity contribution in [2.24, 2.45) is 0 Å². The van der Waals surface area contributed by atoms with Crippen molar-refractivity contribution in [3.63, 3.8) is 0 Å². The van der Waals surface area contributed by atoms with Gasteiger partial charge < -0.3 is 0 Å². The van der Waals surface area contributed by atoms with E-state index in [0.29, 0.717) is 11.2 Å². The summed E-state index contributed by atoms with van der Waals surface area (Å²) in [6, 6.07) is 8.06. The minimum Gasteiger partial charge on any atom is -0.267 e. The number of hydrogen-bond donors (Lipinski definition) is 0. The molecule has 0 unspecified atom stereocenters. The predicted octanol–water partition coefficient (Wildman–Crippen LogP) is 3.02. The first-order valence-corrected chi connectivity index (χ1v) is 7.81. The van der Waals surface area contributed by atoms with Gasteiger partial charge in [0.15, 0.2) is 0 Å². The standard InChI is InChI=1S/C16H14N4OS/c1-9-4-6-12(7-5-9)19-8-17-20-15(21)13-10(2)11(3)22-14(13)18-16(19)20/h4-8H,1-3H3. The molecule has 0 aliphatic heterocycles. The Balaban J connectivity index is 2.09. The Labute approximate surface area is 130 Å². The molecule has 0 saturated heterocycles. The Morgan fingerprint density at radius 1 is 1.09 bits per heavy atom. The van der Waals surface area contributed by atoms with E-state index in [-0.39, 0.29) is 5.56 Å². The highest BCUT2D eigenvalue weighted by atomic mass is 32.1. The molecule has 3 heterocycles. The number of rotatable bonds is 1. The zero-order valence-corrected chi connectivity index (χ0v) is 13.3. The maximum atomic E-state index is 12.7. The molecule has 0 N–H and O–H groups in total. The molecule has 0 bridgehead atoms. The normalized spacial score (nSPS) is 11.6. The van der Waals surface area contributed by atoms with Crippen molar-refractivity contribution in [2.45, 2.75) is 20.8 Å². The van der Waals surface area contributed by atoms with Crippen LogP contribution in [-0.2, 0) is 0 Å². The molecule has 6 heteroatoms. The molecule has 3 aromatic heterocycles. The van der Waals surface area contributed by atoms with E-state index in [1.54, 1.807) is 17.7 Å². The fourth-order valence-electron chi connectivity index (χ4n) is 2.58. The van der Waals surface area contributed by atoms with Gasteiger partial charge in [0.25, 0.3) is 5.56 Å². The monoisotopic (exact) mass is 310 g/mol. The highest BCUT2D eigenvalue weighted by molar-refractivity contribution is 7.18. The first-order chi connectivity index (χ1) is 10.6. The van der Waals surface area contributed by atoms with Crippen molar-refractivity contribution in [1.29, 1.82) is 0 Å². The molecule has 0 radical (unpaired) electrons. The lowest BCUT2D eigenvalue weighted by Gasteiger charge is -2.03. The molecule has 5 nitrogen and oxygen atoms in total. The molecule has 0 atom stereocenters. The van der Waals surface area contributed by atoms with Crippen LogP contribution in [0, 0.1) is 20.8 Å². The SMILES string of the molecule is Cc1ccc(-n2cnn3c(=O)c4c(C)c(C)sc4nc23)cc1. The van der Waals surface area contributed by atoms with Gasteiger partial charge in [-0.3, -0.25) is 9.36 Å². The largest absolute Gasteiger partial charge is 0.284 e. The van der Waals surface area contributed by atoms with E-state index in [9.17, 15) is 4.79 Å². The van der Waals surface area contributed by atoms with Crippen LogP contribution in [0.15, 0.2) is 35.4 Å². The molecule has 110 valence electrons. The molecule has 0 aliphatic carbocycles. The van der Waals surface area contributed by atoms with Crippen LogP contribution in [0.5, 0.6) is 0 Å². The van der Waals surface area contributed by atoms with Gasteiger partial charge in [0.1, 0.15) is 11.2 Å². The molecule has 0 spiro atoms. The Bertz CT molecular complexity index is 1070. The number of benzene rings is 1. The van der Waals surface area contributed by atoms with Gasteiger partial charge in [-0.05, 0) is 38.5 Å². The Morgan fingerprint density at radius 3 is 2.55 bits per heavy atom. The topological polar surface area (TPSA) is 52.2 Å². The van der Waals surface area contributed by atoms with Crippen LogP contribution in [0.25, 0.3) is 21.7 Å². The van der Waals surface area contributed by atoms with Gasteiger partial charge in [-0.2, -0.15) is 9.61 Å². The molecular weight excluding hydrogens is 296 g/mol. The van der Waals surface area contributed by atoms with Gasteiger partial charge in [0.05, 0.1) is 11.1 Å². The maximum Gasteiger partial charge on any atom is 0.284 e. The number of aryl methyl sites for hydroxylation is 3. The van der Waals surface area contributed by atoms with Crippen LogP contribution < -0.4 is 5.56 Å². The number of aromatic nitrogens is 4. The highest BCUT2D eigenvalue weighted by Crippen LogP contribution is 2.26. The van der Waals surface area contributed by atoms with Crippen molar-refractivity contribution in [2.75, 3.05) is 0 Å². The summed E-state index contributed by atoms with van der Waals surface area (Å²) in [5.74, 6) is 0.544. The van der Waals surface area contributed by atoms with Crippen molar-refractivity contribution < 1.29 is 0 Å². The fourth-order valence-corrected chi connectivity index (χ4v) is 3.59. The van der Waals surface area contributed by atoms with Crippen LogP contribution in [0.2, 0.25) is 0 Å². The molecule has 0 fully saturated rings. The van der Waals surface area contributed by atoms with E-state index < -0.39 is 0 Å². The molecular formula is C16H14N4OS. The summed E-state index contributed by atoms with van der Waals surface area (Å²) in [5, 5.41) is 4.90. The van der Waals surface area contributed by atoms with Gasteiger partial charge >= 0.3 is 0 Å². The Hall–Kier alpha value is -2.47. The maximum absolute atomic E-state index is 12.7. The van der Waals surface area contributed by atoms with Crippen LogP contribution in [-0.4, -0.2) is 19.2 Å². The minimum atomic E-state index is -0.104. The predicted molar refractivity (Wildman–Crippen MR) is 88.2 cm³/mol. The fraction of sp³-hybridized carbons (Fsp3) is 0.188. The average Bonchev–Trinajstić information content (AvgIpc) is 3.03. The van der Waals surface area contributed by atoms with Gasteiger partial charge in [-0.1, -0.05) is 17.7 Å². The third kappa shape index (κ3) is 1.74. The first-order valence-electron chi connectivity index (χ1n) is 6.99. The van der Waals surface area contributed by atoms with Gasteiger partial charge in [-0.15, -0.1) is 11.3 Å². The summed E-state index contributed by atoms with van der Waals surface area (Å²) in [7, 11) is 0. The van der Waals surface area contributed by atoms with E-state index in [0.717, 1.165) is 21.0 Å². The second kappa shape index (κ2) is 4.51. The summed E-state index contributed by atoms with van der Waals surface area (Å²) in [4.78, 5) is 19.2. The zero-order chi connectivity index (χ0) is 15.4. The number of fused-ring (bicyclic) bond motifs is 2. The molecule has 4 aromatic rings. The van der Waals surface area contributed by atoms with Crippen molar-refractivity contribution >= 4 is 27.3 Å². The number of nitrogens with zero attached hydrogens (tertiary/aromatic N) is 4. The summed E-state index contributed by atoms with van der Waals surface area (Å²) in [6.07, 6.45) is 1.64. The third-order valence-electron chi connectivity index (χ3n) is 3.97. The summed E-state index contributed by atoms with van der Waals surface area (Å²) in [5.41, 5.74) is 3.02. The van der Waals surface area contributed by atoms with E-state index in [4.69, 9.17) is 0 Å². The quantitative estimate of drug-likeness (QED) is 0.543. The van der Waals surface area contributed by atoms with E-state index in [1.165, 1.54) is 10.1 Å². The van der Waals surface area contributed by atoms with Crippen LogP contribution in [0.3, 0.4) is 0 Å². The zero-order valence-electron chi connectivity index (χ0n) is 12.5. The Morgan fingerprint density at radius 2 is 1.82 bits per heavy atom. The third-order valence-corrected chi connectivity index (χ3v) is 5.08. The molecule has 0 aliphatic rings. The minimum absolute atomic E-state index is 0.104. The van der Waals surface area contributed by atoms with Crippen molar-refractivity contribution in [3.8, 4) is 5.69 Å². The van der Waals surface area contributed by atoms with E-state index in [1.807, 2.05) is 49.6 Å². The molecule has 1 aromatic carbocycles. The van der Waals surface area contributed by atoms with Gasteiger partial charge in [0, 0.05) is 4.88 Å². The van der Waals surface area contributed by atoms with Gasteiger partial charge in [0.2, 0.25) is 5.78 Å². The number of hydrogen-bond acceptors (Lipinski definition) is 4. The molecule has 22 heavy (non-hydrogen) atoms. The Kier molecular flexibility index (Phi) is 2.71. The van der Waals surface area contributed by atoms with Crippen molar-refractivity contribution in [3.05, 3.63) is 57.0 Å². The van der Waals surface area contributed by atoms with Gasteiger partial charge in [-0.25, -0.2) is 4.98 Å². The van der Waals surface area contributed by atoms with Crippen LogP contribution >= 0.6 is 11.3 Å².